The van der Waals surface area contributed by atoms with E-state index in [1.165, 1.54) is 4.90 Å². The zero-order valence-corrected chi connectivity index (χ0v) is 22.2. The molecule has 3 N–H and O–H groups in total. The Morgan fingerprint density at radius 2 is 1.64 bits per heavy atom. The Balaban J connectivity index is 1.63. The van der Waals surface area contributed by atoms with Gasteiger partial charge in [0.05, 0.1) is 6.04 Å². The van der Waals surface area contributed by atoms with Crippen molar-refractivity contribution in [3.63, 3.8) is 0 Å². The number of piperazine rings is 1. The smallest absolute Gasteiger partial charge is 0.410 e. The number of carbonyl (C=O) groups is 3. The predicted octanol–water partition coefficient (Wildman–Crippen LogP) is 2.47. The van der Waals surface area contributed by atoms with Gasteiger partial charge in [-0.2, -0.15) is 0 Å². The molecule has 1 aromatic rings. The van der Waals surface area contributed by atoms with Crippen molar-refractivity contribution in [1.29, 1.82) is 0 Å². The van der Waals surface area contributed by atoms with Crippen molar-refractivity contribution in [1.82, 2.24) is 9.80 Å². The molecule has 1 aromatic carbocycles. The van der Waals surface area contributed by atoms with Gasteiger partial charge >= 0.3 is 12.1 Å². The highest BCUT2D eigenvalue weighted by atomic mass is 16.6. The van der Waals surface area contributed by atoms with Gasteiger partial charge in [-0.1, -0.05) is 0 Å². The van der Waals surface area contributed by atoms with E-state index in [0.29, 0.717) is 38.3 Å². The molecule has 1 saturated heterocycles. The molecule has 10 heteroatoms. The fraction of sp³-hybridized carbons (Fsp3) is 0.654. The van der Waals surface area contributed by atoms with Gasteiger partial charge in [0.15, 0.2) is 0 Å². The largest absolute Gasteiger partial charge is 0.460 e. The summed E-state index contributed by atoms with van der Waals surface area (Å²) >= 11 is 0. The molecule has 3 rings (SSSR count). The fourth-order valence-corrected chi connectivity index (χ4v) is 4.44. The number of nitrogens with zero attached hydrogens (tertiary/aromatic N) is 3. The molecule has 2 atom stereocenters. The van der Waals surface area contributed by atoms with Crippen molar-refractivity contribution in [2.75, 3.05) is 31.1 Å². The minimum absolute atomic E-state index is 0.0451. The molecule has 2 aliphatic heterocycles. The van der Waals surface area contributed by atoms with Crippen molar-refractivity contribution in [2.24, 2.45) is 5.73 Å². The maximum absolute atomic E-state index is 13.1. The van der Waals surface area contributed by atoms with Gasteiger partial charge in [0.2, 0.25) is 0 Å². The number of hydrogen-bond acceptors (Lipinski definition) is 8. The van der Waals surface area contributed by atoms with Crippen molar-refractivity contribution in [3.05, 3.63) is 29.3 Å². The number of amides is 2. The van der Waals surface area contributed by atoms with Crippen LogP contribution < -0.4 is 10.6 Å². The van der Waals surface area contributed by atoms with E-state index in [1.807, 2.05) is 32.9 Å². The predicted molar refractivity (Wildman–Crippen MR) is 135 cm³/mol. The lowest BCUT2D eigenvalue weighted by atomic mass is 10.1. The van der Waals surface area contributed by atoms with E-state index >= 15 is 0 Å². The van der Waals surface area contributed by atoms with E-state index in [-0.39, 0.29) is 24.8 Å². The van der Waals surface area contributed by atoms with Gasteiger partial charge in [-0.3, -0.25) is 9.59 Å². The Hall–Kier alpha value is -2.85. The molecule has 1 fully saturated rings. The van der Waals surface area contributed by atoms with Crippen LogP contribution in [0.2, 0.25) is 0 Å². The molecule has 1 unspecified atom stereocenters. The summed E-state index contributed by atoms with van der Waals surface area (Å²) in [6.45, 7) is 13.6. The van der Waals surface area contributed by atoms with Crippen LogP contribution in [-0.2, 0) is 20.8 Å². The average molecular weight is 505 g/mol. The zero-order valence-electron chi connectivity index (χ0n) is 22.2. The summed E-state index contributed by atoms with van der Waals surface area (Å²) in [6, 6.07) is 4.96. The normalized spacial score (nSPS) is 18.1. The van der Waals surface area contributed by atoms with Crippen molar-refractivity contribution in [2.45, 2.75) is 84.4 Å². The van der Waals surface area contributed by atoms with Crippen LogP contribution in [-0.4, -0.2) is 82.5 Å². The van der Waals surface area contributed by atoms with Gasteiger partial charge in [-0.15, -0.1) is 0 Å². The Labute approximate surface area is 213 Å². The molecular weight excluding hydrogens is 464 g/mol. The second-order valence-electron chi connectivity index (χ2n) is 11.4. The molecule has 10 nitrogen and oxygen atoms in total. The minimum atomic E-state index is -1.29. The SMILES string of the molecule is CC(C)(C)OC(=O)CC[C@@H](C(N)O)N1Cc2cc(N3CCN(C(=O)OC(C)(C)C)CC3)ccc2C1=O. The number of nitrogens with two attached hydrogens (primary N) is 1. The lowest BCUT2D eigenvalue weighted by Crippen LogP contribution is -2.50. The van der Waals surface area contributed by atoms with Gasteiger partial charge < -0.3 is 35.0 Å². The summed E-state index contributed by atoms with van der Waals surface area (Å²) in [4.78, 5) is 43.0. The second-order valence-corrected chi connectivity index (χ2v) is 11.4. The van der Waals surface area contributed by atoms with Gasteiger partial charge in [-0.05, 0) is 71.7 Å². The monoisotopic (exact) mass is 504 g/mol. The van der Waals surface area contributed by atoms with Gasteiger partial charge in [-0.25, -0.2) is 4.79 Å². The van der Waals surface area contributed by atoms with Gasteiger partial charge in [0.25, 0.3) is 5.91 Å². The van der Waals surface area contributed by atoms with E-state index in [1.54, 1.807) is 31.7 Å². The summed E-state index contributed by atoms with van der Waals surface area (Å²) in [5.74, 6) is -0.616. The number of aliphatic hydroxyl groups is 1. The minimum Gasteiger partial charge on any atom is -0.460 e. The quantitative estimate of drug-likeness (QED) is 0.447. The molecule has 2 aliphatic rings. The van der Waals surface area contributed by atoms with E-state index in [9.17, 15) is 19.5 Å². The van der Waals surface area contributed by atoms with Crippen LogP contribution >= 0.6 is 0 Å². The highest BCUT2D eigenvalue weighted by Gasteiger charge is 2.36. The summed E-state index contributed by atoms with van der Waals surface area (Å²) in [6.07, 6.45) is -1.35. The zero-order chi connectivity index (χ0) is 26.8. The van der Waals surface area contributed by atoms with Crippen molar-refractivity contribution >= 4 is 23.7 Å². The molecule has 36 heavy (non-hydrogen) atoms. The molecule has 0 aliphatic carbocycles. The average Bonchev–Trinajstić information content (AvgIpc) is 3.07. The topological polar surface area (TPSA) is 126 Å². The van der Waals surface area contributed by atoms with Crippen LogP contribution in [0.25, 0.3) is 0 Å². The number of carbonyl (C=O) groups excluding carboxylic acids is 3. The number of anilines is 1. The van der Waals surface area contributed by atoms with Gasteiger partial charge in [0, 0.05) is 50.4 Å². The molecular formula is C26H40N4O6. The molecule has 200 valence electrons. The number of benzene rings is 1. The van der Waals surface area contributed by atoms with Crippen LogP contribution in [0.15, 0.2) is 18.2 Å². The highest BCUT2D eigenvalue weighted by Crippen LogP contribution is 2.31. The summed E-state index contributed by atoms with van der Waals surface area (Å²) in [5.41, 5.74) is 7.04. The first-order chi connectivity index (χ1) is 16.6. The lowest BCUT2D eigenvalue weighted by molar-refractivity contribution is -0.155. The summed E-state index contributed by atoms with van der Waals surface area (Å²) in [7, 11) is 0. The standard InChI is InChI=1S/C26H40N4O6/c1-25(2,3)35-21(31)10-9-20(22(27)32)30-16-17-15-18(7-8-19(17)23(30)33)28-11-13-29(14-12-28)24(34)36-26(4,5)6/h7-8,15,20,22,32H,9-14,16,27H2,1-6H3/t20-,22?/m0/s1. The third-order valence-electron chi connectivity index (χ3n) is 6.08. The van der Waals surface area contributed by atoms with Crippen LogP contribution in [0.4, 0.5) is 10.5 Å². The molecule has 0 bridgehead atoms. The molecule has 0 spiro atoms. The maximum Gasteiger partial charge on any atom is 0.410 e. The Kier molecular flexibility index (Phi) is 8.20. The first-order valence-electron chi connectivity index (χ1n) is 12.5. The number of fused-ring (bicyclic) bond motifs is 1. The number of rotatable bonds is 6. The lowest BCUT2D eigenvalue weighted by Gasteiger charge is -2.36. The Morgan fingerprint density at radius 3 is 2.19 bits per heavy atom. The third-order valence-corrected chi connectivity index (χ3v) is 6.08. The van der Waals surface area contributed by atoms with Crippen LogP contribution in [0.1, 0.15) is 70.3 Å². The van der Waals surface area contributed by atoms with Crippen LogP contribution in [0.5, 0.6) is 0 Å². The van der Waals surface area contributed by atoms with Crippen LogP contribution in [0, 0.1) is 0 Å². The van der Waals surface area contributed by atoms with E-state index < -0.39 is 29.4 Å². The van der Waals surface area contributed by atoms with E-state index in [0.717, 1.165) is 11.3 Å². The summed E-state index contributed by atoms with van der Waals surface area (Å²) in [5, 5.41) is 10.2. The Bertz CT molecular complexity index is 974. The molecule has 0 aromatic heterocycles. The fourth-order valence-electron chi connectivity index (χ4n) is 4.44. The highest BCUT2D eigenvalue weighted by molar-refractivity contribution is 5.99. The number of ether oxygens (including phenoxy) is 2. The second kappa shape index (κ2) is 10.6. The molecule has 0 saturated carbocycles. The molecule has 0 radical (unpaired) electrons. The van der Waals surface area contributed by atoms with E-state index in [4.69, 9.17) is 15.2 Å². The number of esters is 1. The summed E-state index contributed by atoms with van der Waals surface area (Å²) < 4.78 is 10.8. The first kappa shape index (κ1) is 27.7. The third kappa shape index (κ3) is 7.10. The first-order valence-corrected chi connectivity index (χ1v) is 12.5. The van der Waals surface area contributed by atoms with E-state index in [2.05, 4.69) is 4.90 Å². The number of hydrogen-bond donors (Lipinski definition) is 2. The Morgan fingerprint density at radius 1 is 1.03 bits per heavy atom. The maximum atomic E-state index is 13.1. The van der Waals surface area contributed by atoms with Crippen molar-refractivity contribution < 1.29 is 29.0 Å². The van der Waals surface area contributed by atoms with Crippen LogP contribution in [0.3, 0.4) is 0 Å². The van der Waals surface area contributed by atoms with Crippen molar-refractivity contribution in [3.8, 4) is 0 Å². The van der Waals surface area contributed by atoms with Gasteiger partial charge in [0.1, 0.15) is 17.4 Å². The molecule has 2 heterocycles. The molecule has 2 amide bonds. The number of aliphatic hydroxyl groups excluding tert-OH is 1.